The number of hydrogen-bond donors (Lipinski definition) is 0. The van der Waals surface area contributed by atoms with Crippen LogP contribution in [0.2, 0.25) is 0 Å². The first-order valence-electron chi connectivity index (χ1n) is 3.99. The second kappa shape index (κ2) is 4.01. The normalized spacial score (nSPS) is 15.5. The zero-order chi connectivity index (χ0) is 8.10. The lowest BCUT2D eigenvalue weighted by atomic mass is 10.2. The molecule has 1 aliphatic rings. The van der Waals surface area contributed by atoms with E-state index >= 15 is 0 Å². The molecule has 1 aliphatic heterocycles. The Hall–Kier alpha value is -0.990. The molecular formula is C8H13N2O. The van der Waals surface area contributed by atoms with E-state index in [2.05, 4.69) is 17.5 Å². The Morgan fingerprint density at radius 3 is 2.91 bits per heavy atom. The molecule has 1 rings (SSSR count). The molecule has 0 spiro atoms. The second-order valence-electron chi connectivity index (χ2n) is 2.36. The van der Waals surface area contributed by atoms with E-state index in [0.717, 1.165) is 18.6 Å². The highest BCUT2D eigenvalue weighted by Crippen LogP contribution is 2.06. The van der Waals surface area contributed by atoms with Crippen LogP contribution in [0.25, 0.3) is 0 Å². The highest BCUT2D eigenvalue weighted by molar-refractivity contribution is 5.96. The number of nitrogens with zero attached hydrogens (tertiary/aromatic N) is 2. The molecule has 0 unspecified atom stereocenters. The largest absolute Gasteiger partial charge is 0.477 e. The quantitative estimate of drug-likeness (QED) is 0.604. The molecule has 0 atom stereocenters. The van der Waals surface area contributed by atoms with E-state index in [1.807, 2.05) is 13.0 Å². The van der Waals surface area contributed by atoms with Crippen LogP contribution < -0.4 is 5.43 Å². The molecule has 0 aromatic rings. The summed E-state index contributed by atoms with van der Waals surface area (Å²) in [6.45, 7) is 4.72. The molecule has 1 radical (unpaired) electrons. The van der Waals surface area contributed by atoms with Gasteiger partial charge in [0.2, 0.25) is 5.88 Å². The van der Waals surface area contributed by atoms with Crippen molar-refractivity contribution < 1.29 is 4.74 Å². The summed E-state index contributed by atoms with van der Waals surface area (Å²) in [5, 5.41) is 3.95. The third kappa shape index (κ3) is 2.26. The van der Waals surface area contributed by atoms with Crippen molar-refractivity contribution in [2.75, 3.05) is 6.61 Å². The molecule has 0 bridgehead atoms. The number of rotatable bonds is 4. The van der Waals surface area contributed by atoms with Crippen LogP contribution in [0, 0.1) is 0 Å². The summed E-state index contributed by atoms with van der Waals surface area (Å²) in [5.74, 6) is 0.649. The van der Waals surface area contributed by atoms with Gasteiger partial charge in [0.15, 0.2) is 0 Å². The Balaban J connectivity index is 2.36. The third-order valence-electron chi connectivity index (χ3n) is 1.37. The standard InChI is InChI=1S/C8H13N2O/c1-3-5-7-6-8(10-9-7)11-4-2/h6H,3-5H2,1-2H3. The summed E-state index contributed by atoms with van der Waals surface area (Å²) in [6.07, 6.45) is 3.98. The van der Waals surface area contributed by atoms with Gasteiger partial charge in [-0.3, -0.25) is 0 Å². The zero-order valence-corrected chi connectivity index (χ0v) is 7.00. The van der Waals surface area contributed by atoms with Crippen LogP contribution in [0.5, 0.6) is 0 Å². The lowest BCUT2D eigenvalue weighted by Crippen LogP contribution is -1.96. The Morgan fingerprint density at radius 2 is 2.27 bits per heavy atom. The van der Waals surface area contributed by atoms with Crippen LogP contribution in [0.15, 0.2) is 17.1 Å². The van der Waals surface area contributed by atoms with Gasteiger partial charge in [0.25, 0.3) is 0 Å². The van der Waals surface area contributed by atoms with Gasteiger partial charge in [0.05, 0.1) is 12.3 Å². The molecule has 0 N–H and O–H groups in total. The summed E-state index contributed by atoms with van der Waals surface area (Å²) in [4.78, 5) is 0. The van der Waals surface area contributed by atoms with E-state index in [9.17, 15) is 0 Å². The van der Waals surface area contributed by atoms with Crippen LogP contribution in [0.1, 0.15) is 26.7 Å². The number of allylic oxidation sites excluding steroid dienone is 1. The Kier molecular flexibility index (Phi) is 2.95. The SMILES string of the molecule is CCCC1=N[N]C(OCC)=C1. The Morgan fingerprint density at radius 1 is 1.45 bits per heavy atom. The van der Waals surface area contributed by atoms with E-state index in [4.69, 9.17) is 4.74 Å². The highest BCUT2D eigenvalue weighted by atomic mass is 16.5. The van der Waals surface area contributed by atoms with Gasteiger partial charge in [-0.25, -0.2) is 0 Å². The molecule has 0 fully saturated rings. The molecule has 0 saturated heterocycles. The maximum absolute atomic E-state index is 5.16. The van der Waals surface area contributed by atoms with Crippen molar-refractivity contribution in [1.82, 2.24) is 5.43 Å². The van der Waals surface area contributed by atoms with Crippen molar-refractivity contribution in [2.24, 2.45) is 5.10 Å². The molecule has 0 aromatic carbocycles. The highest BCUT2D eigenvalue weighted by Gasteiger charge is 2.08. The first-order chi connectivity index (χ1) is 5.36. The molecule has 0 amide bonds. The third-order valence-corrected chi connectivity index (χ3v) is 1.37. The Bertz CT molecular complexity index is 185. The van der Waals surface area contributed by atoms with Gasteiger partial charge in [-0.1, -0.05) is 13.3 Å². The molecule has 0 saturated carbocycles. The summed E-state index contributed by atoms with van der Waals surface area (Å²) >= 11 is 0. The maximum Gasteiger partial charge on any atom is 0.235 e. The van der Waals surface area contributed by atoms with Gasteiger partial charge < -0.3 is 4.74 Å². The van der Waals surface area contributed by atoms with Gasteiger partial charge in [-0.15, -0.1) is 5.43 Å². The molecule has 3 nitrogen and oxygen atoms in total. The van der Waals surface area contributed by atoms with Gasteiger partial charge in [-0.05, 0) is 13.3 Å². The summed E-state index contributed by atoms with van der Waals surface area (Å²) in [5.41, 5.74) is 4.88. The topological polar surface area (TPSA) is 35.7 Å². The fourth-order valence-electron chi connectivity index (χ4n) is 0.910. The molecule has 11 heavy (non-hydrogen) atoms. The van der Waals surface area contributed by atoms with Crippen LogP contribution in [0.4, 0.5) is 0 Å². The second-order valence-corrected chi connectivity index (χ2v) is 2.36. The van der Waals surface area contributed by atoms with E-state index in [1.165, 1.54) is 0 Å². The van der Waals surface area contributed by atoms with Crippen LogP contribution >= 0.6 is 0 Å². The van der Waals surface area contributed by atoms with Crippen molar-refractivity contribution in [3.63, 3.8) is 0 Å². The lowest BCUT2D eigenvalue weighted by Gasteiger charge is -1.97. The maximum atomic E-state index is 5.16. The molecule has 0 aromatic heterocycles. The predicted molar refractivity (Wildman–Crippen MR) is 44.2 cm³/mol. The van der Waals surface area contributed by atoms with E-state index in [-0.39, 0.29) is 0 Å². The Labute approximate surface area is 67.1 Å². The van der Waals surface area contributed by atoms with Gasteiger partial charge >= 0.3 is 0 Å². The van der Waals surface area contributed by atoms with Crippen LogP contribution in [-0.2, 0) is 4.74 Å². The average Bonchev–Trinajstić information content (AvgIpc) is 2.38. The van der Waals surface area contributed by atoms with E-state index < -0.39 is 0 Å². The van der Waals surface area contributed by atoms with Crippen molar-refractivity contribution >= 4 is 5.71 Å². The van der Waals surface area contributed by atoms with Crippen LogP contribution in [0.3, 0.4) is 0 Å². The molecular weight excluding hydrogens is 140 g/mol. The zero-order valence-electron chi connectivity index (χ0n) is 7.00. The first kappa shape index (κ1) is 8.11. The smallest absolute Gasteiger partial charge is 0.235 e. The van der Waals surface area contributed by atoms with E-state index in [1.54, 1.807) is 0 Å². The fourth-order valence-corrected chi connectivity index (χ4v) is 0.910. The molecule has 61 valence electrons. The lowest BCUT2D eigenvalue weighted by molar-refractivity contribution is 0.208. The minimum absolute atomic E-state index is 0.649. The minimum Gasteiger partial charge on any atom is -0.477 e. The van der Waals surface area contributed by atoms with Crippen molar-refractivity contribution in [3.8, 4) is 0 Å². The summed E-state index contributed by atoms with van der Waals surface area (Å²) in [7, 11) is 0. The summed E-state index contributed by atoms with van der Waals surface area (Å²) < 4.78 is 5.16. The van der Waals surface area contributed by atoms with E-state index in [0.29, 0.717) is 12.5 Å². The van der Waals surface area contributed by atoms with Crippen LogP contribution in [-0.4, -0.2) is 12.3 Å². The molecule has 3 heteroatoms. The average molecular weight is 153 g/mol. The van der Waals surface area contributed by atoms with Gasteiger partial charge in [0, 0.05) is 6.08 Å². The summed E-state index contributed by atoms with van der Waals surface area (Å²) in [6, 6.07) is 0. The van der Waals surface area contributed by atoms with Gasteiger partial charge in [-0.2, -0.15) is 5.10 Å². The number of ether oxygens (including phenoxy) is 1. The van der Waals surface area contributed by atoms with Crippen molar-refractivity contribution in [2.45, 2.75) is 26.7 Å². The predicted octanol–water partition coefficient (Wildman–Crippen LogP) is 1.64. The number of hydrogen-bond acceptors (Lipinski definition) is 2. The molecule has 0 aliphatic carbocycles. The fraction of sp³-hybridized carbons (Fsp3) is 0.625. The van der Waals surface area contributed by atoms with Crippen molar-refractivity contribution in [1.29, 1.82) is 0 Å². The molecule has 1 heterocycles. The van der Waals surface area contributed by atoms with Crippen molar-refractivity contribution in [3.05, 3.63) is 12.0 Å². The monoisotopic (exact) mass is 153 g/mol. The minimum atomic E-state index is 0.649. The first-order valence-corrected chi connectivity index (χ1v) is 3.99. The van der Waals surface area contributed by atoms with Gasteiger partial charge in [0.1, 0.15) is 0 Å².